The molecule has 7 heteroatoms. The lowest BCUT2D eigenvalue weighted by atomic mass is 10.1. The molecule has 1 atom stereocenters. The van der Waals surface area contributed by atoms with E-state index in [1.165, 1.54) is 11.8 Å². The largest absolute Gasteiger partial charge is 0.497 e. The quantitative estimate of drug-likeness (QED) is 0.663. The van der Waals surface area contributed by atoms with Crippen molar-refractivity contribution in [3.8, 4) is 5.75 Å². The molecule has 0 radical (unpaired) electrons. The van der Waals surface area contributed by atoms with E-state index in [4.69, 9.17) is 4.74 Å². The molecule has 2 aromatic carbocycles. The van der Waals surface area contributed by atoms with Gasteiger partial charge < -0.3 is 9.64 Å². The van der Waals surface area contributed by atoms with Crippen LogP contribution in [0.2, 0.25) is 0 Å². The number of hydrogen-bond acceptors (Lipinski definition) is 5. The molecular formula is C20H23NO4S2. The molecule has 0 unspecified atom stereocenters. The molecule has 1 saturated heterocycles. The Hall–Kier alpha value is -1.99. The topological polar surface area (TPSA) is 63.7 Å². The third-order valence-electron chi connectivity index (χ3n) is 4.59. The molecule has 1 fully saturated rings. The molecule has 1 aliphatic heterocycles. The molecule has 0 aliphatic carbocycles. The van der Waals surface area contributed by atoms with E-state index in [0.29, 0.717) is 13.0 Å². The Morgan fingerprint density at radius 1 is 1.15 bits per heavy atom. The van der Waals surface area contributed by atoms with Crippen LogP contribution < -0.4 is 4.74 Å². The molecule has 0 saturated carbocycles. The van der Waals surface area contributed by atoms with Crippen molar-refractivity contribution >= 4 is 27.5 Å². The fourth-order valence-electron chi connectivity index (χ4n) is 3.12. The Labute approximate surface area is 164 Å². The van der Waals surface area contributed by atoms with Gasteiger partial charge in [-0.25, -0.2) is 8.42 Å². The van der Waals surface area contributed by atoms with E-state index >= 15 is 0 Å². The third kappa shape index (κ3) is 5.49. The first-order valence-electron chi connectivity index (χ1n) is 8.77. The van der Waals surface area contributed by atoms with Crippen LogP contribution in [0, 0.1) is 0 Å². The van der Waals surface area contributed by atoms with E-state index in [1.54, 1.807) is 12.0 Å². The van der Waals surface area contributed by atoms with E-state index in [1.807, 2.05) is 54.6 Å². The monoisotopic (exact) mass is 405 g/mol. The van der Waals surface area contributed by atoms with Gasteiger partial charge in [0.1, 0.15) is 5.75 Å². The minimum absolute atomic E-state index is 0.0400. The molecule has 1 heterocycles. The van der Waals surface area contributed by atoms with E-state index in [9.17, 15) is 13.2 Å². The third-order valence-corrected chi connectivity index (χ3v) is 7.33. The van der Waals surface area contributed by atoms with Gasteiger partial charge in [-0.05, 0) is 36.2 Å². The van der Waals surface area contributed by atoms with Crippen LogP contribution in [-0.4, -0.2) is 49.6 Å². The summed E-state index contributed by atoms with van der Waals surface area (Å²) >= 11 is 1.45. The molecule has 2 aromatic rings. The number of hydrogen-bond donors (Lipinski definition) is 0. The lowest BCUT2D eigenvalue weighted by molar-refractivity contribution is -0.130. The van der Waals surface area contributed by atoms with Crippen LogP contribution in [-0.2, 0) is 21.2 Å². The summed E-state index contributed by atoms with van der Waals surface area (Å²) in [5, 5.41) is 0. The molecule has 0 aromatic heterocycles. The van der Waals surface area contributed by atoms with Gasteiger partial charge in [-0.2, -0.15) is 0 Å². The maximum Gasteiger partial charge on any atom is 0.233 e. The van der Waals surface area contributed by atoms with Crippen LogP contribution >= 0.6 is 11.8 Å². The van der Waals surface area contributed by atoms with Crippen LogP contribution in [0.15, 0.2) is 59.5 Å². The van der Waals surface area contributed by atoms with Crippen LogP contribution in [0.1, 0.15) is 12.0 Å². The second-order valence-corrected chi connectivity index (χ2v) is 9.81. The molecule has 0 N–H and O–H groups in total. The summed E-state index contributed by atoms with van der Waals surface area (Å²) in [5.74, 6) is 1.21. The molecule has 5 nitrogen and oxygen atoms in total. The molecule has 1 amide bonds. The number of rotatable bonds is 7. The predicted octanol–water partition coefficient (Wildman–Crippen LogP) is 3.00. The van der Waals surface area contributed by atoms with Gasteiger partial charge in [0, 0.05) is 17.5 Å². The summed E-state index contributed by atoms with van der Waals surface area (Å²) in [5.41, 5.74) is 1.00. The van der Waals surface area contributed by atoms with Gasteiger partial charge in [0.2, 0.25) is 5.91 Å². The summed E-state index contributed by atoms with van der Waals surface area (Å²) in [7, 11) is -1.44. The summed E-state index contributed by atoms with van der Waals surface area (Å²) in [6.07, 6.45) is 0.508. The van der Waals surface area contributed by atoms with Gasteiger partial charge in [0.25, 0.3) is 0 Å². The zero-order valence-corrected chi connectivity index (χ0v) is 16.8. The van der Waals surface area contributed by atoms with Gasteiger partial charge in [-0.3, -0.25) is 4.79 Å². The van der Waals surface area contributed by atoms with Gasteiger partial charge in [-0.1, -0.05) is 30.3 Å². The van der Waals surface area contributed by atoms with Crippen LogP contribution in [0.3, 0.4) is 0 Å². The molecule has 27 heavy (non-hydrogen) atoms. The summed E-state index contributed by atoms with van der Waals surface area (Å²) in [4.78, 5) is 15.6. The highest BCUT2D eigenvalue weighted by Crippen LogP contribution is 2.25. The molecule has 144 valence electrons. The lowest BCUT2D eigenvalue weighted by Crippen LogP contribution is -2.41. The van der Waals surface area contributed by atoms with Crippen molar-refractivity contribution < 1.29 is 17.9 Å². The Kier molecular flexibility index (Phi) is 6.44. The predicted molar refractivity (Wildman–Crippen MR) is 108 cm³/mol. The fraction of sp³-hybridized carbons (Fsp3) is 0.350. The molecule has 1 aliphatic rings. The molecule has 0 spiro atoms. The average Bonchev–Trinajstić information content (AvgIpc) is 3.05. The first-order chi connectivity index (χ1) is 13.0. The van der Waals surface area contributed by atoms with E-state index < -0.39 is 9.84 Å². The van der Waals surface area contributed by atoms with Crippen LogP contribution in [0.4, 0.5) is 0 Å². The Morgan fingerprint density at radius 3 is 2.44 bits per heavy atom. The first kappa shape index (κ1) is 19.8. The Bertz CT molecular complexity index is 867. The zero-order chi connectivity index (χ0) is 19.3. The SMILES string of the molecule is COc1ccc(SCC(=O)N(Cc2ccccc2)[C@@H]2CCS(=O)(=O)C2)cc1. The molecule has 3 rings (SSSR count). The standard InChI is InChI=1S/C20H23NO4S2/c1-25-18-7-9-19(10-8-18)26-14-20(22)21(13-16-5-3-2-4-6-16)17-11-12-27(23,24)15-17/h2-10,17H,11-15H2,1H3/t17-/m1/s1. The number of nitrogens with zero attached hydrogens (tertiary/aromatic N) is 1. The Balaban J connectivity index is 1.69. The number of amides is 1. The second-order valence-electron chi connectivity index (χ2n) is 6.53. The molecule has 0 bridgehead atoms. The number of ether oxygens (including phenoxy) is 1. The van der Waals surface area contributed by atoms with Crippen molar-refractivity contribution in [2.24, 2.45) is 0 Å². The first-order valence-corrected chi connectivity index (χ1v) is 11.6. The number of carbonyl (C=O) groups is 1. The van der Waals surface area contributed by atoms with Crippen molar-refractivity contribution in [2.45, 2.75) is 23.9 Å². The van der Waals surface area contributed by atoms with Crippen molar-refractivity contribution in [2.75, 3.05) is 24.4 Å². The second kappa shape index (κ2) is 8.80. The summed E-state index contributed by atoms with van der Waals surface area (Å²) in [6, 6.07) is 17.0. The van der Waals surface area contributed by atoms with Gasteiger partial charge in [0.05, 0.1) is 24.4 Å². The van der Waals surface area contributed by atoms with E-state index in [-0.39, 0.29) is 29.2 Å². The van der Waals surface area contributed by atoms with E-state index in [2.05, 4.69) is 0 Å². The minimum atomic E-state index is -3.06. The highest BCUT2D eigenvalue weighted by molar-refractivity contribution is 8.00. The van der Waals surface area contributed by atoms with E-state index in [0.717, 1.165) is 16.2 Å². The van der Waals surface area contributed by atoms with Crippen molar-refractivity contribution in [3.63, 3.8) is 0 Å². The van der Waals surface area contributed by atoms with Gasteiger partial charge >= 0.3 is 0 Å². The number of thioether (sulfide) groups is 1. The number of carbonyl (C=O) groups excluding carboxylic acids is 1. The van der Waals surface area contributed by atoms with Crippen LogP contribution in [0.25, 0.3) is 0 Å². The molecular weight excluding hydrogens is 382 g/mol. The fourth-order valence-corrected chi connectivity index (χ4v) is 5.64. The smallest absolute Gasteiger partial charge is 0.233 e. The van der Waals surface area contributed by atoms with Crippen molar-refractivity contribution in [1.82, 2.24) is 4.90 Å². The Morgan fingerprint density at radius 2 is 1.85 bits per heavy atom. The maximum absolute atomic E-state index is 12.9. The average molecular weight is 406 g/mol. The van der Waals surface area contributed by atoms with Crippen molar-refractivity contribution in [1.29, 1.82) is 0 Å². The highest BCUT2D eigenvalue weighted by Gasteiger charge is 2.34. The lowest BCUT2D eigenvalue weighted by Gasteiger charge is -2.28. The van der Waals surface area contributed by atoms with Gasteiger partial charge in [-0.15, -0.1) is 11.8 Å². The van der Waals surface area contributed by atoms with Crippen molar-refractivity contribution in [3.05, 3.63) is 60.2 Å². The number of sulfone groups is 1. The van der Waals surface area contributed by atoms with Gasteiger partial charge in [0.15, 0.2) is 9.84 Å². The minimum Gasteiger partial charge on any atom is -0.497 e. The normalized spacial score (nSPS) is 18.2. The summed E-state index contributed by atoms with van der Waals surface area (Å²) < 4.78 is 29.0. The highest BCUT2D eigenvalue weighted by atomic mass is 32.2. The maximum atomic E-state index is 12.9. The number of methoxy groups -OCH3 is 1. The summed E-state index contributed by atoms with van der Waals surface area (Å²) in [6.45, 7) is 0.434. The number of benzene rings is 2. The zero-order valence-electron chi connectivity index (χ0n) is 15.2. The van der Waals surface area contributed by atoms with Crippen LogP contribution in [0.5, 0.6) is 5.75 Å².